The van der Waals surface area contributed by atoms with Crippen LogP contribution < -0.4 is 5.32 Å². The lowest BCUT2D eigenvalue weighted by molar-refractivity contribution is 0.281. The number of hydrogen-bond acceptors (Lipinski definition) is 4. The summed E-state index contributed by atoms with van der Waals surface area (Å²) in [5, 5.41) is 12.0. The number of aromatic nitrogens is 3. The molecule has 1 unspecified atom stereocenters. The summed E-state index contributed by atoms with van der Waals surface area (Å²) in [4.78, 5) is 9.99. The highest BCUT2D eigenvalue weighted by Crippen LogP contribution is 2.23. The first-order chi connectivity index (χ1) is 12.2. The SMILES string of the molecule is Cc1nnc(CN=C(NC2CC2)N2CCC(CN3CCCC3)C2)n1C. The van der Waals surface area contributed by atoms with Crippen molar-refractivity contribution in [3.05, 3.63) is 11.6 Å². The number of aliphatic imine (C=N–C) groups is 1. The molecule has 25 heavy (non-hydrogen) atoms. The van der Waals surface area contributed by atoms with Gasteiger partial charge in [-0.2, -0.15) is 0 Å². The van der Waals surface area contributed by atoms with E-state index in [1.165, 1.54) is 51.7 Å². The fourth-order valence-electron chi connectivity index (χ4n) is 3.89. The number of hydrogen-bond donors (Lipinski definition) is 1. The molecule has 1 aromatic rings. The van der Waals surface area contributed by atoms with Gasteiger partial charge in [-0.3, -0.25) is 0 Å². The van der Waals surface area contributed by atoms with Gasteiger partial charge < -0.3 is 19.7 Å². The van der Waals surface area contributed by atoms with E-state index in [9.17, 15) is 0 Å². The minimum absolute atomic E-state index is 0.597. The van der Waals surface area contributed by atoms with Crippen LogP contribution in [0.3, 0.4) is 0 Å². The molecule has 3 heterocycles. The van der Waals surface area contributed by atoms with E-state index in [4.69, 9.17) is 4.99 Å². The van der Waals surface area contributed by atoms with Gasteiger partial charge in [-0.25, -0.2) is 4.99 Å². The van der Waals surface area contributed by atoms with Gasteiger partial charge in [-0.05, 0) is 58.0 Å². The Labute approximate surface area is 150 Å². The highest BCUT2D eigenvalue weighted by molar-refractivity contribution is 5.80. The molecule has 0 aromatic carbocycles. The van der Waals surface area contributed by atoms with Crippen LogP contribution in [0.2, 0.25) is 0 Å². The molecule has 0 amide bonds. The predicted octanol–water partition coefficient (Wildman–Crippen LogP) is 1.15. The van der Waals surface area contributed by atoms with Crippen LogP contribution in [0.15, 0.2) is 4.99 Å². The van der Waals surface area contributed by atoms with Crippen molar-refractivity contribution in [2.75, 3.05) is 32.7 Å². The number of guanidine groups is 1. The van der Waals surface area contributed by atoms with E-state index < -0.39 is 0 Å². The fraction of sp³-hybridized carbons (Fsp3) is 0.833. The zero-order valence-electron chi connectivity index (χ0n) is 15.6. The molecule has 2 saturated heterocycles. The van der Waals surface area contributed by atoms with Crippen molar-refractivity contribution < 1.29 is 0 Å². The van der Waals surface area contributed by atoms with E-state index in [2.05, 4.69) is 25.3 Å². The Morgan fingerprint density at radius 2 is 1.96 bits per heavy atom. The molecule has 138 valence electrons. The normalized spacial score (nSPS) is 25.1. The van der Waals surface area contributed by atoms with Crippen molar-refractivity contribution in [1.29, 1.82) is 0 Å². The number of nitrogens with zero attached hydrogens (tertiary/aromatic N) is 6. The third kappa shape index (κ3) is 4.14. The van der Waals surface area contributed by atoms with Crippen molar-refractivity contribution in [3.8, 4) is 0 Å². The fourth-order valence-corrected chi connectivity index (χ4v) is 3.89. The van der Waals surface area contributed by atoms with Gasteiger partial charge >= 0.3 is 0 Å². The summed E-state index contributed by atoms with van der Waals surface area (Å²) in [5.74, 6) is 3.72. The Morgan fingerprint density at radius 3 is 2.64 bits per heavy atom. The molecule has 0 bridgehead atoms. The molecule has 1 atom stereocenters. The first-order valence-corrected chi connectivity index (χ1v) is 9.82. The Balaban J connectivity index is 1.38. The molecular formula is C18H31N7. The van der Waals surface area contributed by atoms with Crippen molar-refractivity contribution in [1.82, 2.24) is 29.9 Å². The standard InChI is InChI=1S/C18H31N7/c1-14-21-22-17(23(14)2)11-19-18(20-16-5-6-16)25-10-7-15(13-25)12-24-8-3-4-9-24/h15-16H,3-13H2,1-2H3,(H,19,20). The second-order valence-corrected chi connectivity index (χ2v) is 7.89. The van der Waals surface area contributed by atoms with E-state index >= 15 is 0 Å². The molecule has 4 rings (SSSR count). The Bertz CT molecular complexity index is 613. The summed E-state index contributed by atoms with van der Waals surface area (Å²) in [7, 11) is 2.01. The maximum Gasteiger partial charge on any atom is 0.194 e. The summed E-state index contributed by atoms with van der Waals surface area (Å²) in [5.41, 5.74) is 0. The summed E-state index contributed by atoms with van der Waals surface area (Å²) < 4.78 is 2.03. The van der Waals surface area contributed by atoms with Crippen LogP contribution >= 0.6 is 0 Å². The summed E-state index contributed by atoms with van der Waals surface area (Å²) in [6.07, 6.45) is 6.58. The second-order valence-electron chi connectivity index (χ2n) is 7.89. The van der Waals surface area contributed by atoms with E-state index in [1.54, 1.807) is 0 Å². The molecule has 1 N–H and O–H groups in total. The van der Waals surface area contributed by atoms with E-state index in [1.807, 2.05) is 18.5 Å². The monoisotopic (exact) mass is 345 g/mol. The smallest absolute Gasteiger partial charge is 0.194 e. The third-order valence-electron chi connectivity index (χ3n) is 5.76. The molecule has 0 spiro atoms. The minimum atomic E-state index is 0.597. The lowest BCUT2D eigenvalue weighted by atomic mass is 10.1. The van der Waals surface area contributed by atoms with Crippen LogP contribution in [0.1, 0.15) is 43.8 Å². The molecule has 2 aliphatic heterocycles. The number of aryl methyl sites for hydroxylation is 1. The van der Waals surface area contributed by atoms with Crippen molar-refractivity contribution >= 4 is 5.96 Å². The lowest BCUT2D eigenvalue weighted by Gasteiger charge is -2.23. The average Bonchev–Trinajstić information content (AvgIpc) is 2.99. The van der Waals surface area contributed by atoms with Gasteiger partial charge in [0.15, 0.2) is 11.8 Å². The summed E-state index contributed by atoms with van der Waals surface area (Å²) in [6.45, 7) is 8.68. The first-order valence-electron chi connectivity index (χ1n) is 9.82. The van der Waals surface area contributed by atoms with Crippen LogP contribution in [0, 0.1) is 12.8 Å². The highest BCUT2D eigenvalue weighted by Gasteiger charge is 2.30. The summed E-state index contributed by atoms with van der Waals surface area (Å²) in [6, 6.07) is 0.623. The van der Waals surface area contributed by atoms with Gasteiger partial charge in [0.2, 0.25) is 0 Å². The highest BCUT2D eigenvalue weighted by atomic mass is 15.3. The lowest BCUT2D eigenvalue weighted by Crippen LogP contribution is -2.42. The maximum absolute atomic E-state index is 4.89. The van der Waals surface area contributed by atoms with Gasteiger partial charge in [0.05, 0.1) is 0 Å². The molecular weight excluding hydrogens is 314 g/mol. The van der Waals surface area contributed by atoms with Crippen LogP contribution in [-0.2, 0) is 13.6 Å². The average molecular weight is 345 g/mol. The molecule has 0 radical (unpaired) electrons. The molecule has 1 saturated carbocycles. The molecule has 3 aliphatic rings. The molecule has 3 fully saturated rings. The number of rotatable bonds is 5. The van der Waals surface area contributed by atoms with Crippen LogP contribution in [0.4, 0.5) is 0 Å². The Kier molecular flexibility index (Phi) is 4.92. The largest absolute Gasteiger partial charge is 0.353 e. The van der Waals surface area contributed by atoms with Crippen LogP contribution in [0.5, 0.6) is 0 Å². The van der Waals surface area contributed by atoms with Crippen molar-refractivity contribution in [3.63, 3.8) is 0 Å². The maximum atomic E-state index is 4.89. The van der Waals surface area contributed by atoms with E-state index in [-0.39, 0.29) is 0 Å². The van der Waals surface area contributed by atoms with Gasteiger partial charge in [0.1, 0.15) is 12.4 Å². The van der Waals surface area contributed by atoms with Gasteiger partial charge in [0.25, 0.3) is 0 Å². The predicted molar refractivity (Wildman–Crippen MR) is 98.4 cm³/mol. The van der Waals surface area contributed by atoms with Crippen molar-refractivity contribution in [2.24, 2.45) is 18.0 Å². The zero-order valence-corrected chi connectivity index (χ0v) is 15.6. The molecule has 7 nitrogen and oxygen atoms in total. The van der Waals surface area contributed by atoms with Crippen molar-refractivity contribution in [2.45, 2.75) is 51.6 Å². The quantitative estimate of drug-likeness (QED) is 0.641. The van der Waals surface area contributed by atoms with Gasteiger partial charge in [-0.15, -0.1) is 10.2 Å². The van der Waals surface area contributed by atoms with Crippen LogP contribution in [0.25, 0.3) is 0 Å². The molecule has 7 heteroatoms. The Hall–Kier alpha value is -1.63. The Morgan fingerprint density at radius 1 is 1.16 bits per heavy atom. The summed E-state index contributed by atoms with van der Waals surface area (Å²) >= 11 is 0. The number of likely N-dealkylation sites (tertiary alicyclic amines) is 2. The second kappa shape index (κ2) is 7.32. The van der Waals surface area contributed by atoms with Crippen LogP contribution in [-0.4, -0.2) is 69.3 Å². The van der Waals surface area contributed by atoms with E-state index in [0.29, 0.717) is 12.6 Å². The van der Waals surface area contributed by atoms with Gasteiger partial charge in [-0.1, -0.05) is 0 Å². The zero-order chi connectivity index (χ0) is 17.2. The van der Waals surface area contributed by atoms with Gasteiger partial charge in [0, 0.05) is 32.7 Å². The topological polar surface area (TPSA) is 61.6 Å². The van der Waals surface area contributed by atoms with E-state index in [0.717, 1.165) is 36.6 Å². The number of nitrogens with one attached hydrogen (secondary N) is 1. The third-order valence-corrected chi connectivity index (χ3v) is 5.76. The minimum Gasteiger partial charge on any atom is -0.353 e. The molecule has 1 aliphatic carbocycles. The molecule has 1 aromatic heterocycles. The first kappa shape index (κ1) is 16.8.